The smallest absolute Gasteiger partial charge is 0.123 e. The van der Waals surface area contributed by atoms with E-state index in [-0.39, 0.29) is 11.9 Å². The van der Waals surface area contributed by atoms with Crippen molar-refractivity contribution in [2.45, 2.75) is 26.3 Å². The molecule has 0 radical (unpaired) electrons. The minimum absolute atomic E-state index is 0.0987. The number of rotatable bonds is 3. The zero-order valence-electron chi connectivity index (χ0n) is 11.1. The van der Waals surface area contributed by atoms with Gasteiger partial charge in [0, 0.05) is 10.5 Å². The van der Waals surface area contributed by atoms with E-state index in [1.165, 1.54) is 11.6 Å². The molecule has 2 aromatic carbocycles. The van der Waals surface area contributed by atoms with Crippen molar-refractivity contribution < 1.29 is 4.39 Å². The zero-order chi connectivity index (χ0) is 14.0. The van der Waals surface area contributed by atoms with E-state index in [9.17, 15) is 4.39 Å². The topological polar surface area (TPSA) is 26.0 Å². The Hall–Kier alpha value is -1.19. The second kappa shape index (κ2) is 5.85. The van der Waals surface area contributed by atoms with E-state index in [1.807, 2.05) is 38.1 Å². The lowest BCUT2D eigenvalue weighted by molar-refractivity contribution is 0.623. The summed E-state index contributed by atoms with van der Waals surface area (Å²) < 4.78 is 14.1. The van der Waals surface area contributed by atoms with Gasteiger partial charge in [0.05, 0.1) is 0 Å². The van der Waals surface area contributed by atoms with Crippen LogP contribution in [0.2, 0.25) is 0 Å². The molecule has 1 atom stereocenters. The van der Waals surface area contributed by atoms with Crippen molar-refractivity contribution in [2.75, 3.05) is 0 Å². The zero-order valence-corrected chi connectivity index (χ0v) is 12.7. The Balaban J connectivity index is 2.25. The van der Waals surface area contributed by atoms with Crippen molar-refractivity contribution in [3.05, 3.63) is 68.9 Å². The number of nitrogens with two attached hydrogens (primary N) is 1. The average Bonchev–Trinajstić information content (AvgIpc) is 2.36. The second-order valence-electron chi connectivity index (χ2n) is 4.86. The number of hydrogen-bond donors (Lipinski definition) is 1. The minimum Gasteiger partial charge on any atom is -0.324 e. The highest BCUT2D eigenvalue weighted by molar-refractivity contribution is 9.10. The Morgan fingerprint density at radius 3 is 2.58 bits per heavy atom. The van der Waals surface area contributed by atoms with Gasteiger partial charge in [-0.25, -0.2) is 4.39 Å². The summed E-state index contributed by atoms with van der Waals surface area (Å²) in [6.07, 6.45) is 0.703. The Morgan fingerprint density at radius 1 is 1.16 bits per heavy atom. The minimum atomic E-state index is -0.202. The third kappa shape index (κ3) is 3.23. The first-order valence-corrected chi connectivity index (χ1v) is 7.04. The molecule has 1 unspecified atom stereocenters. The predicted octanol–water partition coefficient (Wildman–Crippen LogP) is 4.45. The maximum Gasteiger partial charge on any atom is 0.123 e. The molecule has 0 saturated carbocycles. The summed E-state index contributed by atoms with van der Waals surface area (Å²) in [5.74, 6) is -0.202. The van der Waals surface area contributed by atoms with Gasteiger partial charge in [-0.3, -0.25) is 0 Å². The maximum atomic E-state index is 13.1. The second-order valence-corrected chi connectivity index (χ2v) is 5.65. The van der Waals surface area contributed by atoms with E-state index in [4.69, 9.17) is 5.73 Å². The molecule has 2 N–H and O–H groups in total. The highest BCUT2D eigenvalue weighted by Crippen LogP contribution is 2.28. The molecule has 0 saturated heterocycles. The lowest BCUT2D eigenvalue weighted by Crippen LogP contribution is -2.15. The van der Waals surface area contributed by atoms with Crippen molar-refractivity contribution in [2.24, 2.45) is 5.73 Å². The first-order valence-electron chi connectivity index (χ1n) is 6.24. The van der Waals surface area contributed by atoms with Crippen LogP contribution in [0.4, 0.5) is 4.39 Å². The molecule has 19 heavy (non-hydrogen) atoms. The summed E-state index contributed by atoms with van der Waals surface area (Å²) in [5.41, 5.74) is 10.6. The Labute approximate surface area is 121 Å². The SMILES string of the molecule is Cc1cc(F)ccc1CC(N)c1cccc(C)c1Br. The molecule has 100 valence electrons. The van der Waals surface area contributed by atoms with Crippen molar-refractivity contribution in [3.63, 3.8) is 0 Å². The third-order valence-corrected chi connectivity index (χ3v) is 4.45. The molecule has 0 aliphatic heterocycles. The van der Waals surface area contributed by atoms with Crippen LogP contribution in [-0.4, -0.2) is 0 Å². The van der Waals surface area contributed by atoms with E-state index >= 15 is 0 Å². The third-order valence-electron chi connectivity index (χ3n) is 3.37. The molecule has 0 aliphatic carbocycles. The van der Waals surface area contributed by atoms with Gasteiger partial charge >= 0.3 is 0 Å². The van der Waals surface area contributed by atoms with Crippen molar-refractivity contribution in [3.8, 4) is 0 Å². The van der Waals surface area contributed by atoms with Crippen molar-refractivity contribution >= 4 is 15.9 Å². The van der Waals surface area contributed by atoms with Gasteiger partial charge in [0.1, 0.15) is 5.82 Å². The fraction of sp³-hybridized carbons (Fsp3) is 0.250. The fourth-order valence-corrected chi connectivity index (χ4v) is 2.75. The quantitative estimate of drug-likeness (QED) is 0.888. The molecule has 1 nitrogen and oxygen atoms in total. The Bertz CT molecular complexity index is 595. The summed E-state index contributed by atoms with van der Waals surface area (Å²) in [7, 11) is 0. The highest BCUT2D eigenvalue weighted by atomic mass is 79.9. The largest absolute Gasteiger partial charge is 0.324 e. The van der Waals surface area contributed by atoms with Gasteiger partial charge in [0.25, 0.3) is 0 Å². The summed E-state index contributed by atoms with van der Waals surface area (Å²) in [4.78, 5) is 0. The number of aryl methyl sites for hydroxylation is 2. The molecule has 3 heteroatoms. The van der Waals surface area contributed by atoms with Gasteiger partial charge < -0.3 is 5.73 Å². The monoisotopic (exact) mass is 321 g/mol. The summed E-state index contributed by atoms with van der Waals surface area (Å²) in [6, 6.07) is 10.8. The van der Waals surface area contributed by atoms with E-state index in [0.717, 1.165) is 21.2 Å². The van der Waals surface area contributed by atoms with E-state index < -0.39 is 0 Å². The van der Waals surface area contributed by atoms with Crippen LogP contribution in [0, 0.1) is 19.7 Å². The van der Waals surface area contributed by atoms with Crippen LogP contribution in [0.15, 0.2) is 40.9 Å². The number of hydrogen-bond acceptors (Lipinski definition) is 1. The van der Waals surface area contributed by atoms with Crippen LogP contribution in [0.25, 0.3) is 0 Å². The molecule has 0 amide bonds. The fourth-order valence-electron chi connectivity index (χ4n) is 2.19. The van der Waals surface area contributed by atoms with E-state index in [1.54, 1.807) is 6.07 Å². The first kappa shape index (κ1) is 14.2. The van der Waals surface area contributed by atoms with Gasteiger partial charge in [-0.15, -0.1) is 0 Å². The van der Waals surface area contributed by atoms with Gasteiger partial charge in [-0.2, -0.15) is 0 Å². The van der Waals surface area contributed by atoms with E-state index in [2.05, 4.69) is 15.9 Å². The van der Waals surface area contributed by atoms with Crippen LogP contribution in [-0.2, 0) is 6.42 Å². The molecule has 0 aromatic heterocycles. The molecule has 0 aliphatic rings. The number of halogens is 2. The summed E-state index contributed by atoms with van der Waals surface area (Å²) in [5, 5.41) is 0. The van der Waals surface area contributed by atoms with Gasteiger partial charge in [-0.05, 0) is 54.7 Å². The van der Waals surface area contributed by atoms with Crippen LogP contribution < -0.4 is 5.73 Å². The van der Waals surface area contributed by atoms with Crippen LogP contribution in [0.5, 0.6) is 0 Å². The number of benzene rings is 2. The normalized spacial score (nSPS) is 12.5. The molecule has 0 bridgehead atoms. The lowest BCUT2D eigenvalue weighted by Gasteiger charge is -2.16. The molecule has 0 fully saturated rings. The molecule has 0 heterocycles. The van der Waals surface area contributed by atoms with Crippen LogP contribution in [0.1, 0.15) is 28.3 Å². The van der Waals surface area contributed by atoms with Crippen LogP contribution in [0.3, 0.4) is 0 Å². The Kier molecular flexibility index (Phi) is 4.38. The average molecular weight is 322 g/mol. The molecule has 2 rings (SSSR count). The van der Waals surface area contributed by atoms with Gasteiger partial charge in [0.2, 0.25) is 0 Å². The summed E-state index contributed by atoms with van der Waals surface area (Å²) >= 11 is 3.58. The molecule has 0 spiro atoms. The highest BCUT2D eigenvalue weighted by Gasteiger charge is 2.13. The first-order chi connectivity index (χ1) is 8.99. The van der Waals surface area contributed by atoms with Crippen LogP contribution >= 0.6 is 15.9 Å². The van der Waals surface area contributed by atoms with Gasteiger partial charge in [-0.1, -0.05) is 40.2 Å². The Morgan fingerprint density at radius 2 is 1.89 bits per heavy atom. The van der Waals surface area contributed by atoms with E-state index in [0.29, 0.717) is 6.42 Å². The predicted molar refractivity (Wildman–Crippen MR) is 80.6 cm³/mol. The standard InChI is InChI=1S/C16H17BrFN/c1-10-4-3-5-14(16(10)17)15(19)9-12-6-7-13(18)8-11(12)2/h3-8,15H,9,19H2,1-2H3. The molecular weight excluding hydrogens is 305 g/mol. The van der Waals surface area contributed by atoms with Crippen molar-refractivity contribution in [1.82, 2.24) is 0 Å². The lowest BCUT2D eigenvalue weighted by atomic mass is 9.96. The molecule has 2 aromatic rings. The van der Waals surface area contributed by atoms with Gasteiger partial charge in [0.15, 0.2) is 0 Å². The van der Waals surface area contributed by atoms with Crippen molar-refractivity contribution in [1.29, 1.82) is 0 Å². The molecular formula is C16H17BrFN. The summed E-state index contributed by atoms with van der Waals surface area (Å²) in [6.45, 7) is 3.96. The maximum absolute atomic E-state index is 13.1.